The van der Waals surface area contributed by atoms with Crippen molar-refractivity contribution >= 4 is 11.6 Å². The van der Waals surface area contributed by atoms with Gasteiger partial charge in [0.25, 0.3) is 0 Å². The van der Waals surface area contributed by atoms with Gasteiger partial charge in [0.05, 0.1) is 0 Å². The summed E-state index contributed by atoms with van der Waals surface area (Å²) in [6.45, 7) is 5.16. The van der Waals surface area contributed by atoms with Gasteiger partial charge in [-0.25, -0.2) is 9.97 Å². The highest BCUT2D eigenvalue weighted by Crippen LogP contribution is 2.32. The van der Waals surface area contributed by atoms with Crippen LogP contribution in [0.25, 0.3) is 0 Å². The molecule has 0 spiro atoms. The second kappa shape index (κ2) is 5.34. The fourth-order valence-corrected chi connectivity index (χ4v) is 1.94. The summed E-state index contributed by atoms with van der Waals surface area (Å²) in [5.41, 5.74) is 1.11. The van der Waals surface area contributed by atoms with Gasteiger partial charge in [0.2, 0.25) is 0 Å². The molecule has 0 aliphatic heterocycles. The fraction of sp³-hybridized carbons (Fsp3) is 0.692. The van der Waals surface area contributed by atoms with Crippen LogP contribution in [-0.4, -0.2) is 23.6 Å². The van der Waals surface area contributed by atoms with Crippen molar-refractivity contribution in [1.82, 2.24) is 9.97 Å². The highest BCUT2D eigenvalue weighted by Gasteiger charge is 2.20. The van der Waals surface area contributed by atoms with E-state index in [1.54, 1.807) is 0 Å². The summed E-state index contributed by atoms with van der Waals surface area (Å²) in [4.78, 5) is 9.02. The van der Waals surface area contributed by atoms with Crippen LogP contribution >= 0.6 is 0 Å². The Morgan fingerprint density at radius 2 is 1.94 bits per heavy atom. The molecule has 0 aromatic carbocycles. The number of nitrogens with zero attached hydrogens (tertiary/aromatic N) is 2. The molecule has 0 saturated heterocycles. The van der Waals surface area contributed by atoms with Crippen molar-refractivity contribution in [3.8, 4) is 0 Å². The van der Waals surface area contributed by atoms with Crippen LogP contribution in [-0.2, 0) is 6.42 Å². The maximum atomic E-state index is 4.55. The molecular formula is C13H22N4. The average molecular weight is 234 g/mol. The zero-order chi connectivity index (χ0) is 12.3. The van der Waals surface area contributed by atoms with Crippen LogP contribution in [0.4, 0.5) is 11.6 Å². The van der Waals surface area contributed by atoms with Crippen molar-refractivity contribution in [2.24, 2.45) is 5.92 Å². The van der Waals surface area contributed by atoms with Gasteiger partial charge >= 0.3 is 0 Å². The van der Waals surface area contributed by atoms with Gasteiger partial charge in [0.1, 0.15) is 17.5 Å². The third kappa shape index (κ3) is 3.08. The first-order valence-corrected chi connectivity index (χ1v) is 6.53. The highest BCUT2D eigenvalue weighted by molar-refractivity contribution is 5.56. The van der Waals surface area contributed by atoms with Crippen molar-refractivity contribution in [2.75, 3.05) is 24.2 Å². The van der Waals surface area contributed by atoms with Crippen LogP contribution in [0.5, 0.6) is 0 Å². The van der Waals surface area contributed by atoms with E-state index in [0.29, 0.717) is 0 Å². The minimum Gasteiger partial charge on any atom is -0.373 e. The molecule has 1 aliphatic rings. The second-order valence-corrected chi connectivity index (χ2v) is 4.72. The molecule has 17 heavy (non-hydrogen) atoms. The van der Waals surface area contributed by atoms with Crippen LogP contribution in [0.1, 0.15) is 37.6 Å². The van der Waals surface area contributed by atoms with Gasteiger partial charge < -0.3 is 10.6 Å². The molecule has 0 bridgehead atoms. The lowest BCUT2D eigenvalue weighted by Crippen LogP contribution is -2.10. The molecule has 0 unspecified atom stereocenters. The summed E-state index contributed by atoms with van der Waals surface area (Å²) >= 11 is 0. The van der Waals surface area contributed by atoms with Crippen molar-refractivity contribution in [2.45, 2.75) is 39.5 Å². The Labute approximate surface area is 103 Å². The summed E-state index contributed by atoms with van der Waals surface area (Å²) in [5.74, 6) is 3.78. The first-order valence-electron chi connectivity index (χ1n) is 6.53. The van der Waals surface area contributed by atoms with E-state index < -0.39 is 0 Å². The molecule has 2 rings (SSSR count). The first-order chi connectivity index (χ1) is 8.24. The smallest absolute Gasteiger partial charge is 0.134 e. The largest absolute Gasteiger partial charge is 0.373 e. The zero-order valence-corrected chi connectivity index (χ0v) is 11.0. The van der Waals surface area contributed by atoms with E-state index >= 15 is 0 Å². The molecule has 4 nitrogen and oxygen atoms in total. The van der Waals surface area contributed by atoms with Crippen LogP contribution in [0.15, 0.2) is 0 Å². The lowest BCUT2D eigenvalue weighted by Gasteiger charge is -2.13. The molecule has 94 valence electrons. The summed E-state index contributed by atoms with van der Waals surface area (Å²) in [6.07, 6.45) is 4.95. The number of aromatic nitrogens is 2. The molecule has 1 aromatic heterocycles. The van der Waals surface area contributed by atoms with E-state index in [-0.39, 0.29) is 0 Å². The van der Waals surface area contributed by atoms with E-state index in [9.17, 15) is 0 Å². The Balaban J connectivity index is 2.06. The number of anilines is 2. The predicted molar refractivity (Wildman–Crippen MR) is 71.5 cm³/mol. The molecule has 1 aliphatic carbocycles. The Morgan fingerprint density at radius 1 is 1.24 bits per heavy atom. The van der Waals surface area contributed by atoms with Gasteiger partial charge in [-0.2, -0.15) is 0 Å². The van der Waals surface area contributed by atoms with E-state index in [0.717, 1.165) is 41.9 Å². The molecule has 0 amide bonds. The van der Waals surface area contributed by atoms with E-state index in [1.807, 2.05) is 7.05 Å². The maximum absolute atomic E-state index is 4.55. The predicted octanol–water partition coefficient (Wildman–Crippen LogP) is 2.60. The number of hydrogen-bond donors (Lipinski definition) is 2. The zero-order valence-electron chi connectivity index (χ0n) is 11.0. The maximum Gasteiger partial charge on any atom is 0.134 e. The second-order valence-electron chi connectivity index (χ2n) is 4.72. The van der Waals surface area contributed by atoms with E-state index in [2.05, 4.69) is 34.4 Å². The third-order valence-electron chi connectivity index (χ3n) is 3.29. The van der Waals surface area contributed by atoms with E-state index in [4.69, 9.17) is 0 Å². The standard InChI is InChI=1S/C13H22N4/c1-4-11-16-12(14-3)9(2)13(17-11)15-8-7-10-5-6-10/h10H,4-8H2,1-3H3,(H2,14,15,16,17). The molecule has 0 atom stereocenters. The Kier molecular flexibility index (Phi) is 3.82. The summed E-state index contributed by atoms with van der Waals surface area (Å²) in [7, 11) is 1.91. The topological polar surface area (TPSA) is 49.8 Å². The van der Waals surface area contributed by atoms with Crippen LogP contribution in [0.3, 0.4) is 0 Å². The lowest BCUT2D eigenvalue weighted by atomic mass is 10.2. The number of nitrogens with one attached hydrogen (secondary N) is 2. The normalized spacial score (nSPS) is 14.8. The Hall–Kier alpha value is -1.32. The fourth-order valence-electron chi connectivity index (χ4n) is 1.94. The summed E-state index contributed by atoms with van der Waals surface area (Å²) in [5, 5.41) is 6.57. The van der Waals surface area contributed by atoms with Gasteiger partial charge in [-0.1, -0.05) is 19.8 Å². The number of rotatable bonds is 6. The molecule has 1 aromatic rings. The van der Waals surface area contributed by atoms with E-state index in [1.165, 1.54) is 19.3 Å². The average Bonchev–Trinajstić information content (AvgIpc) is 3.15. The summed E-state index contributed by atoms with van der Waals surface area (Å²) in [6, 6.07) is 0. The van der Waals surface area contributed by atoms with Crippen LogP contribution < -0.4 is 10.6 Å². The van der Waals surface area contributed by atoms with Crippen molar-refractivity contribution < 1.29 is 0 Å². The van der Waals surface area contributed by atoms with Gasteiger partial charge in [-0.3, -0.25) is 0 Å². The van der Waals surface area contributed by atoms with Crippen molar-refractivity contribution in [3.05, 3.63) is 11.4 Å². The molecular weight excluding hydrogens is 212 g/mol. The van der Waals surface area contributed by atoms with Crippen molar-refractivity contribution in [1.29, 1.82) is 0 Å². The molecule has 4 heteroatoms. The molecule has 2 N–H and O–H groups in total. The third-order valence-corrected chi connectivity index (χ3v) is 3.29. The number of hydrogen-bond acceptors (Lipinski definition) is 4. The highest BCUT2D eigenvalue weighted by atomic mass is 15.1. The molecule has 1 fully saturated rings. The number of aryl methyl sites for hydroxylation is 1. The minimum absolute atomic E-state index is 0.867. The van der Waals surface area contributed by atoms with Gasteiger partial charge in [-0.05, 0) is 19.3 Å². The molecule has 0 radical (unpaired) electrons. The molecule has 1 heterocycles. The Bertz CT molecular complexity index is 385. The SMILES string of the molecule is CCc1nc(NC)c(C)c(NCCC2CC2)n1. The lowest BCUT2D eigenvalue weighted by molar-refractivity contribution is 0.756. The van der Waals surface area contributed by atoms with Gasteiger partial charge in [-0.15, -0.1) is 0 Å². The van der Waals surface area contributed by atoms with Gasteiger partial charge in [0, 0.05) is 25.6 Å². The first kappa shape index (κ1) is 12.1. The Morgan fingerprint density at radius 3 is 2.53 bits per heavy atom. The van der Waals surface area contributed by atoms with Gasteiger partial charge in [0.15, 0.2) is 0 Å². The van der Waals surface area contributed by atoms with Crippen LogP contribution in [0, 0.1) is 12.8 Å². The quantitative estimate of drug-likeness (QED) is 0.794. The minimum atomic E-state index is 0.867. The molecule has 1 saturated carbocycles. The van der Waals surface area contributed by atoms with Crippen molar-refractivity contribution in [3.63, 3.8) is 0 Å². The van der Waals surface area contributed by atoms with Crippen LogP contribution in [0.2, 0.25) is 0 Å². The summed E-state index contributed by atoms with van der Waals surface area (Å²) < 4.78 is 0. The monoisotopic (exact) mass is 234 g/mol.